The standard InChI is InChI=1S/C11H23N3O5S/c1-6-13(3)11(16)9(2)12-20(17,18)14(4)8-7-10(15)19-5/h9,12H,6-8H2,1-5H3. The van der Waals surface area contributed by atoms with E-state index in [0.29, 0.717) is 6.54 Å². The lowest BCUT2D eigenvalue weighted by Gasteiger charge is -2.23. The van der Waals surface area contributed by atoms with Gasteiger partial charge in [0.25, 0.3) is 10.2 Å². The van der Waals surface area contributed by atoms with E-state index in [9.17, 15) is 18.0 Å². The molecule has 0 heterocycles. The molecule has 1 amide bonds. The zero-order valence-corrected chi connectivity index (χ0v) is 13.4. The Morgan fingerprint density at radius 2 is 1.85 bits per heavy atom. The van der Waals surface area contributed by atoms with Crippen molar-refractivity contribution in [1.82, 2.24) is 13.9 Å². The third-order valence-electron chi connectivity index (χ3n) is 2.82. The van der Waals surface area contributed by atoms with Gasteiger partial charge in [-0.1, -0.05) is 0 Å². The Kier molecular flexibility index (Phi) is 7.69. The number of amides is 1. The lowest BCUT2D eigenvalue weighted by molar-refractivity contribution is -0.140. The van der Waals surface area contributed by atoms with Crippen LogP contribution in [0.5, 0.6) is 0 Å². The van der Waals surface area contributed by atoms with Crippen LogP contribution in [0.4, 0.5) is 0 Å². The fourth-order valence-electron chi connectivity index (χ4n) is 1.32. The van der Waals surface area contributed by atoms with Gasteiger partial charge in [-0.25, -0.2) is 0 Å². The van der Waals surface area contributed by atoms with Crippen LogP contribution in [0.1, 0.15) is 20.3 Å². The Balaban J connectivity index is 4.57. The number of hydrogen-bond donors (Lipinski definition) is 1. The number of likely N-dealkylation sites (N-methyl/N-ethyl adjacent to an activating group) is 1. The molecule has 118 valence electrons. The lowest BCUT2D eigenvalue weighted by Crippen LogP contribution is -2.49. The number of hydrogen-bond acceptors (Lipinski definition) is 5. The largest absolute Gasteiger partial charge is 0.469 e. The summed E-state index contributed by atoms with van der Waals surface area (Å²) >= 11 is 0. The second kappa shape index (κ2) is 8.18. The summed E-state index contributed by atoms with van der Waals surface area (Å²) in [7, 11) is 0.327. The van der Waals surface area contributed by atoms with Crippen LogP contribution in [0.3, 0.4) is 0 Å². The molecule has 0 aliphatic rings. The van der Waals surface area contributed by atoms with E-state index < -0.39 is 22.2 Å². The van der Waals surface area contributed by atoms with E-state index in [1.807, 2.05) is 0 Å². The van der Waals surface area contributed by atoms with Gasteiger partial charge in [0, 0.05) is 27.2 Å². The molecule has 1 N–H and O–H groups in total. The Morgan fingerprint density at radius 3 is 2.30 bits per heavy atom. The van der Waals surface area contributed by atoms with Crippen molar-refractivity contribution >= 4 is 22.1 Å². The molecule has 0 aromatic heterocycles. The maximum Gasteiger partial charge on any atom is 0.306 e. The zero-order chi connectivity index (χ0) is 15.9. The van der Waals surface area contributed by atoms with Crippen LogP contribution in [0, 0.1) is 0 Å². The van der Waals surface area contributed by atoms with Crippen molar-refractivity contribution in [3.05, 3.63) is 0 Å². The molecule has 20 heavy (non-hydrogen) atoms. The van der Waals surface area contributed by atoms with E-state index in [2.05, 4.69) is 9.46 Å². The molecular formula is C11H23N3O5S. The minimum absolute atomic E-state index is 0.0213. The van der Waals surface area contributed by atoms with Crippen molar-refractivity contribution in [2.24, 2.45) is 0 Å². The highest BCUT2D eigenvalue weighted by molar-refractivity contribution is 7.87. The highest BCUT2D eigenvalue weighted by Crippen LogP contribution is 2.00. The first kappa shape index (κ1) is 18.8. The summed E-state index contributed by atoms with van der Waals surface area (Å²) in [6, 6.07) is -0.870. The third-order valence-corrected chi connectivity index (χ3v) is 4.47. The van der Waals surface area contributed by atoms with Gasteiger partial charge in [-0.2, -0.15) is 17.4 Å². The smallest absolute Gasteiger partial charge is 0.306 e. The van der Waals surface area contributed by atoms with Gasteiger partial charge in [0.2, 0.25) is 5.91 Å². The predicted octanol–water partition coefficient (Wildman–Crippen LogP) is -0.817. The van der Waals surface area contributed by atoms with E-state index in [1.165, 1.54) is 26.0 Å². The van der Waals surface area contributed by atoms with Gasteiger partial charge in [-0.05, 0) is 13.8 Å². The SMILES string of the molecule is CCN(C)C(=O)C(C)NS(=O)(=O)N(C)CCC(=O)OC. The van der Waals surface area contributed by atoms with E-state index in [4.69, 9.17) is 0 Å². The first-order valence-corrected chi connectivity index (χ1v) is 7.65. The molecule has 9 heteroatoms. The van der Waals surface area contributed by atoms with Gasteiger partial charge in [0.05, 0.1) is 19.6 Å². The minimum atomic E-state index is -3.82. The number of methoxy groups -OCH3 is 1. The number of ether oxygens (including phenoxy) is 1. The molecule has 0 saturated heterocycles. The summed E-state index contributed by atoms with van der Waals surface area (Å²) in [4.78, 5) is 24.2. The fraction of sp³-hybridized carbons (Fsp3) is 0.818. The molecule has 0 aliphatic carbocycles. The van der Waals surface area contributed by atoms with Crippen LogP contribution in [-0.2, 0) is 24.5 Å². The first-order valence-electron chi connectivity index (χ1n) is 6.21. The summed E-state index contributed by atoms with van der Waals surface area (Å²) < 4.78 is 31.6. The first-order chi connectivity index (χ1) is 9.15. The minimum Gasteiger partial charge on any atom is -0.469 e. The summed E-state index contributed by atoms with van der Waals surface area (Å²) in [6.45, 7) is 3.73. The molecule has 0 spiro atoms. The van der Waals surface area contributed by atoms with Crippen LogP contribution in [0.25, 0.3) is 0 Å². The average molecular weight is 309 g/mol. The van der Waals surface area contributed by atoms with Gasteiger partial charge in [-0.15, -0.1) is 0 Å². The number of nitrogens with zero attached hydrogens (tertiary/aromatic N) is 2. The van der Waals surface area contributed by atoms with Crippen LogP contribution >= 0.6 is 0 Å². The van der Waals surface area contributed by atoms with E-state index >= 15 is 0 Å². The van der Waals surface area contributed by atoms with Crippen molar-refractivity contribution in [2.45, 2.75) is 26.3 Å². The van der Waals surface area contributed by atoms with Gasteiger partial charge >= 0.3 is 5.97 Å². The molecule has 0 rings (SSSR count). The van der Waals surface area contributed by atoms with E-state index in [0.717, 1.165) is 4.31 Å². The molecule has 1 unspecified atom stereocenters. The van der Waals surface area contributed by atoms with E-state index in [1.54, 1.807) is 14.0 Å². The van der Waals surface area contributed by atoms with Crippen LogP contribution in [0.2, 0.25) is 0 Å². The molecule has 8 nitrogen and oxygen atoms in total. The van der Waals surface area contributed by atoms with Gasteiger partial charge in [0.1, 0.15) is 0 Å². The van der Waals surface area contributed by atoms with Gasteiger partial charge < -0.3 is 9.64 Å². The Labute approximate surface area is 120 Å². The topological polar surface area (TPSA) is 96.0 Å². The van der Waals surface area contributed by atoms with Crippen molar-refractivity contribution in [1.29, 1.82) is 0 Å². The third kappa shape index (κ3) is 5.85. The number of carbonyl (C=O) groups is 2. The van der Waals surface area contributed by atoms with Crippen molar-refractivity contribution in [3.63, 3.8) is 0 Å². The molecule has 1 atom stereocenters. The molecule has 0 bridgehead atoms. The Bertz CT molecular complexity index is 437. The Morgan fingerprint density at radius 1 is 1.30 bits per heavy atom. The lowest BCUT2D eigenvalue weighted by atomic mass is 10.3. The Hall–Kier alpha value is -1.19. The number of esters is 1. The monoisotopic (exact) mass is 309 g/mol. The maximum absolute atomic E-state index is 11.9. The molecular weight excluding hydrogens is 286 g/mol. The normalized spacial score (nSPS) is 13.1. The second-order valence-corrected chi connectivity index (χ2v) is 6.15. The molecule has 0 radical (unpaired) electrons. The van der Waals surface area contributed by atoms with Crippen LogP contribution in [-0.4, -0.2) is 69.8 Å². The molecule has 0 saturated carbocycles. The molecule has 0 aliphatic heterocycles. The second-order valence-electron chi connectivity index (χ2n) is 4.34. The number of nitrogens with one attached hydrogen (secondary N) is 1. The summed E-state index contributed by atoms with van der Waals surface area (Å²) in [5, 5.41) is 0. The van der Waals surface area contributed by atoms with Crippen molar-refractivity contribution < 1.29 is 22.7 Å². The molecule has 0 fully saturated rings. The predicted molar refractivity (Wildman–Crippen MR) is 74.1 cm³/mol. The van der Waals surface area contributed by atoms with Crippen LogP contribution < -0.4 is 4.72 Å². The average Bonchev–Trinajstić information content (AvgIpc) is 2.41. The van der Waals surface area contributed by atoms with Crippen molar-refractivity contribution in [3.8, 4) is 0 Å². The van der Waals surface area contributed by atoms with Gasteiger partial charge in [0.15, 0.2) is 0 Å². The molecule has 0 aromatic carbocycles. The quantitative estimate of drug-likeness (QED) is 0.591. The fourth-order valence-corrected chi connectivity index (χ4v) is 2.38. The number of carbonyl (C=O) groups excluding carboxylic acids is 2. The summed E-state index contributed by atoms with van der Waals surface area (Å²) in [6.07, 6.45) is -0.0505. The van der Waals surface area contributed by atoms with Crippen LogP contribution in [0.15, 0.2) is 0 Å². The van der Waals surface area contributed by atoms with Gasteiger partial charge in [-0.3, -0.25) is 9.59 Å². The zero-order valence-electron chi connectivity index (χ0n) is 12.5. The summed E-state index contributed by atoms with van der Waals surface area (Å²) in [5.41, 5.74) is 0. The van der Waals surface area contributed by atoms with E-state index in [-0.39, 0.29) is 18.9 Å². The summed E-state index contributed by atoms with van der Waals surface area (Å²) in [5.74, 6) is -0.820. The highest BCUT2D eigenvalue weighted by Gasteiger charge is 2.25. The maximum atomic E-state index is 11.9. The van der Waals surface area contributed by atoms with Crippen molar-refractivity contribution in [2.75, 3.05) is 34.3 Å². The number of rotatable bonds is 8. The highest BCUT2D eigenvalue weighted by atomic mass is 32.2. The molecule has 0 aromatic rings.